The molecule has 1 N–H and O–H groups in total. The Bertz CT molecular complexity index is 592. The molecule has 0 radical (unpaired) electrons. The molecule has 20 heavy (non-hydrogen) atoms. The summed E-state index contributed by atoms with van der Waals surface area (Å²) in [6.45, 7) is 2.45. The number of esters is 1. The summed E-state index contributed by atoms with van der Waals surface area (Å²) < 4.78 is 33.4. The molecule has 0 amide bonds. The maximum absolute atomic E-state index is 11.9. The fraction of sp³-hybridized carbons (Fsp3) is 0.636. The second-order valence-corrected chi connectivity index (χ2v) is 6.91. The van der Waals surface area contributed by atoms with Gasteiger partial charge in [-0.25, -0.2) is 13.2 Å². The number of rotatable bonds is 5. The van der Waals surface area contributed by atoms with Crippen LogP contribution in [0.4, 0.5) is 0 Å². The second kappa shape index (κ2) is 6.11. The van der Waals surface area contributed by atoms with Crippen LogP contribution in [0, 0.1) is 0 Å². The monoisotopic (exact) mass is 322 g/mol. The highest BCUT2D eigenvalue weighted by atomic mass is 35.7. The van der Waals surface area contributed by atoms with Crippen molar-refractivity contribution in [2.75, 3.05) is 13.2 Å². The highest BCUT2D eigenvalue weighted by molar-refractivity contribution is 8.13. The third kappa shape index (κ3) is 3.31. The number of hydrogen-bond acceptors (Lipinski definition) is 6. The van der Waals surface area contributed by atoms with Crippen molar-refractivity contribution in [3.63, 3.8) is 0 Å². The molecular formula is C11H15ClN2O5S. The largest absolute Gasteiger partial charge is 0.458 e. The summed E-state index contributed by atoms with van der Waals surface area (Å²) in [5.41, 5.74) is -0.0288. The van der Waals surface area contributed by atoms with Gasteiger partial charge in [-0.3, -0.25) is 5.10 Å². The van der Waals surface area contributed by atoms with Crippen LogP contribution in [0.2, 0.25) is 0 Å². The predicted octanol–water partition coefficient (Wildman–Crippen LogP) is 1.24. The van der Waals surface area contributed by atoms with Crippen LogP contribution in [-0.4, -0.2) is 43.9 Å². The number of carbonyl (C=O) groups is 1. The summed E-state index contributed by atoms with van der Waals surface area (Å²) in [7, 11) is 1.27. The lowest BCUT2D eigenvalue weighted by molar-refractivity contribution is 0.0153. The minimum atomic E-state index is -4.07. The number of nitrogens with zero attached hydrogens (tertiary/aromatic N) is 1. The molecule has 1 fully saturated rings. The number of nitrogens with one attached hydrogen (secondary N) is 1. The van der Waals surface area contributed by atoms with Crippen molar-refractivity contribution in [3.05, 3.63) is 11.4 Å². The van der Waals surface area contributed by atoms with Gasteiger partial charge in [0.2, 0.25) is 0 Å². The minimum Gasteiger partial charge on any atom is -0.458 e. The summed E-state index contributed by atoms with van der Waals surface area (Å²) in [6, 6.07) is 0. The first-order chi connectivity index (χ1) is 9.43. The second-order valence-electron chi connectivity index (χ2n) is 4.40. The van der Waals surface area contributed by atoms with Gasteiger partial charge in [0.15, 0.2) is 5.69 Å². The SMILES string of the molecule is CCc1[nH]nc(C(=O)OCC2CCCO2)c1S(=O)(=O)Cl. The molecule has 1 atom stereocenters. The number of aryl methyl sites for hydroxylation is 1. The number of carbonyl (C=O) groups excluding carboxylic acids is 1. The van der Waals surface area contributed by atoms with E-state index in [9.17, 15) is 13.2 Å². The summed E-state index contributed by atoms with van der Waals surface area (Å²) >= 11 is 0. The van der Waals surface area contributed by atoms with Crippen LogP contribution >= 0.6 is 10.7 Å². The normalized spacial score (nSPS) is 19.2. The molecule has 1 aliphatic rings. The van der Waals surface area contributed by atoms with E-state index in [4.69, 9.17) is 20.2 Å². The average molecular weight is 323 g/mol. The molecular weight excluding hydrogens is 308 g/mol. The van der Waals surface area contributed by atoms with E-state index in [1.54, 1.807) is 6.92 Å². The molecule has 1 aromatic heterocycles. The van der Waals surface area contributed by atoms with Crippen molar-refractivity contribution >= 4 is 25.7 Å². The first kappa shape index (κ1) is 15.3. The molecule has 0 saturated carbocycles. The standard InChI is InChI=1S/C11H15ClN2O5S/c1-2-8-10(20(12,16)17)9(14-13-8)11(15)19-6-7-4-3-5-18-7/h7H,2-6H2,1H3,(H,13,14). The zero-order valence-corrected chi connectivity index (χ0v) is 12.5. The van der Waals surface area contributed by atoms with Gasteiger partial charge in [-0.15, -0.1) is 0 Å². The van der Waals surface area contributed by atoms with Gasteiger partial charge < -0.3 is 9.47 Å². The lowest BCUT2D eigenvalue weighted by atomic mass is 10.2. The molecule has 0 aliphatic carbocycles. The van der Waals surface area contributed by atoms with Gasteiger partial charge in [0.1, 0.15) is 11.5 Å². The molecule has 9 heteroatoms. The van der Waals surface area contributed by atoms with Crippen LogP contribution < -0.4 is 0 Å². The molecule has 0 aromatic carbocycles. The fourth-order valence-corrected chi connectivity index (χ4v) is 3.36. The molecule has 1 unspecified atom stereocenters. The Hall–Kier alpha value is -1.12. The van der Waals surface area contributed by atoms with Gasteiger partial charge in [0.25, 0.3) is 9.05 Å². The van der Waals surface area contributed by atoms with E-state index >= 15 is 0 Å². The third-order valence-electron chi connectivity index (χ3n) is 3.01. The quantitative estimate of drug-likeness (QED) is 0.647. The maximum Gasteiger partial charge on any atom is 0.360 e. The third-order valence-corrected chi connectivity index (χ3v) is 4.40. The van der Waals surface area contributed by atoms with Gasteiger partial charge in [-0.1, -0.05) is 6.92 Å². The summed E-state index contributed by atoms with van der Waals surface area (Å²) in [6.07, 6.45) is 1.95. The Morgan fingerprint density at radius 2 is 2.35 bits per heavy atom. The zero-order valence-electron chi connectivity index (χ0n) is 10.9. The van der Waals surface area contributed by atoms with E-state index in [-0.39, 0.29) is 29.0 Å². The predicted molar refractivity (Wildman–Crippen MR) is 70.3 cm³/mol. The van der Waals surface area contributed by atoms with E-state index in [0.29, 0.717) is 13.0 Å². The summed E-state index contributed by atoms with van der Waals surface area (Å²) in [4.78, 5) is 11.6. The lowest BCUT2D eigenvalue weighted by Crippen LogP contribution is -2.19. The number of H-pyrrole nitrogens is 1. The molecule has 2 rings (SSSR count). The molecule has 7 nitrogen and oxygen atoms in total. The van der Waals surface area contributed by atoms with Gasteiger partial charge in [-0.05, 0) is 19.3 Å². The Kier molecular flexibility index (Phi) is 4.66. The zero-order chi connectivity index (χ0) is 14.8. The topological polar surface area (TPSA) is 98.3 Å². The molecule has 0 spiro atoms. The number of hydrogen-bond donors (Lipinski definition) is 1. The summed E-state index contributed by atoms with van der Waals surface area (Å²) in [5, 5.41) is 6.19. The first-order valence-corrected chi connectivity index (χ1v) is 8.55. The van der Waals surface area contributed by atoms with Crippen LogP contribution in [0.25, 0.3) is 0 Å². The average Bonchev–Trinajstić information content (AvgIpc) is 3.03. The molecule has 0 bridgehead atoms. The van der Waals surface area contributed by atoms with Crippen LogP contribution in [0.3, 0.4) is 0 Å². The molecule has 2 heterocycles. The minimum absolute atomic E-state index is 0.0783. The van der Waals surface area contributed by atoms with E-state index in [0.717, 1.165) is 12.8 Å². The van der Waals surface area contributed by atoms with Crippen molar-refractivity contribution in [2.45, 2.75) is 37.2 Å². The number of aromatic nitrogens is 2. The lowest BCUT2D eigenvalue weighted by Gasteiger charge is -2.09. The van der Waals surface area contributed by atoms with Crippen molar-refractivity contribution in [2.24, 2.45) is 0 Å². The highest BCUT2D eigenvalue weighted by Crippen LogP contribution is 2.24. The van der Waals surface area contributed by atoms with Crippen LogP contribution in [0.15, 0.2) is 4.90 Å². The highest BCUT2D eigenvalue weighted by Gasteiger charge is 2.29. The first-order valence-electron chi connectivity index (χ1n) is 6.24. The van der Waals surface area contributed by atoms with Crippen molar-refractivity contribution in [3.8, 4) is 0 Å². The molecule has 1 aromatic rings. The molecule has 112 valence electrons. The Labute approximate surface area is 121 Å². The van der Waals surface area contributed by atoms with Crippen LogP contribution in [0.1, 0.15) is 35.9 Å². The maximum atomic E-state index is 11.9. The van der Waals surface area contributed by atoms with E-state index in [1.807, 2.05) is 0 Å². The Balaban J connectivity index is 2.15. The summed E-state index contributed by atoms with van der Waals surface area (Å²) in [5.74, 6) is -0.823. The molecule has 1 saturated heterocycles. The van der Waals surface area contributed by atoms with Gasteiger partial charge in [-0.2, -0.15) is 5.10 Å². The van der Waals surface area contributed by atoms with Gasteiger partial charge in [0.05, 0.1) is 11.8 Å². The van der Waals surface area contributed by atoms with Crippen molar-refractivity contribution in [1.82, 2.24) is 10.2 Å². The smallest absolute Gasteiger partial charge is 0.360 e. The number of aromatic amines is 1. The van der Waals surface area contributed by atoms with Crippen molar-refractivity contribution < 1.29 is 22.7 Å². The van der Waals surface area contributed by atoms with Gasteiger partial charge in [0, 0.05) is 17.3 Å². The van der Waals surface area contributed by atoms with Crippen molar-refractivity contribution in [1.29, 1.82) is 0 Å². The number of halogens is 1. The van der Waals surface area contributed by atoms with Crippen LogP contribution in [0.5, 0.6) is 0 Å². The fourth-order valence-electron chi connectivity index (χ4n) is 2.02. The van der Waals surface area contributed by atoms with Gasteiger partial charge >= 0.3 is 5.97 Å². The van der Waals surface area contributed by atoms with Crippen LogP contribution in [-0.2, 0) is 24.9 Å². The Morgan fingerprint density at radius 1 is 1.60 bits per heavy atom. The Morgan fingerprint density at radius 3 is 2.90 bits per heavy atom. The number of ether oxygens (including phenoxy) is 2. The van der Waals surface area contributed by atoms with E-state index in [1.165, 1.54) is 0 Å². The van der Waals surface area contributed by atoms with E-state index in [2.05, 4.69) is 10.2 Å². The van der Waals surface area contributed by atoms with E-state index < -0.39 is 15.0 Å². The molecule has 1 aliphatic heterocycles.